The number of ether oxygens (including phenoxy) is 3. The van der Waals surface area contributed by atoms with Crippen LogP contribution in [0.2, 0.25) is 0 Å². The number of carbonyl (C=O) groups is 6. The molecule has 0 spiro atoms. The van der Waals surface area contributed by atoms with Crippen LogP contribution in [-0.4, -0.2) is 132 Å². The summed E-state index contributed by atoms with van der Waals surface area (Å²) >= 11 is 9.53. The molecular weight excluding hydrogens is 1690 g/mol. The van der Waals surface area contributed by atoms with Gasteiger partial charge in [0.25, 0.3) is 11.8 Å². The van der Waals surface area contributed by atoms with Crippen LogP contribution in [0, 0.1) is 185 Å². The van der Waals surface area contributed by atoms with Gasteiger partial charge in [-0.1, -0.05) is 83.1 Å². The normalized spacial score (nSPS) is 44.6. The first-order chi connectivity index (χ1) is 58.4. The summed E-state index contributed by atoms with van der Waals surface area (Å²) in [7, 11) is 5.41. The molecule has 16 aliphatic carbocycles. The van der Waals surface area contributed by atoms with Gasteiger partial charge in [-0.2, -0.15) is 0 Å². The zero-order chi connectivity index (χ0) is 92.3. The average molecular weight is 1860 g/mol. The Morgan fingerprint density at radius 2 is 0.732 bits per heavy atom. The quantitative estimate of drug-likeness (QED) is 0.0327. The molecule has 16 saturated carbocycles. The number of methoxy groups -OCH3 is 3. The average Bonchev–Trinajstić information content (AvgIpc) is 1.52. The summed E-state index contributed by atoms with van der Waals surface area (Å²) in [6.45, 7) is 31.3. The van der Waals surface area contributed by atoms with E-state index in [4.69, 9.17) is 42.5 Å². The summed E-state index contributed by atoms with van der Waals surface area (Å²) in [4.78, 5) is 71.3. The molecule has 0 aromatic heterocycles. The van der Waals surface area contributed by atoms with E-state index in [1.54, 1.807) is 0 Å². The number of hydrogen-bond acceptors (Lipinski definition) is 12. The number of esters is 3. The first kappa shape index (κ1) is 109. The summed E-state index contributed by atoms with van der Waals surface area (Å²) in [5.41, 5.74) is -0.227. The van der Waals surface area contributed by atoms with E-state index in [0.717, 1.165) is 111 Å². The minimum absolute atomic E-state index is 0. The molecule has 0 radical (unpaired) electrons. The largest absolute Gasteiger partial charge is 1.00 e. The van der Waals surface area contributed by atoms with E-state index in [1.807, 2.05) is 13.8 Å². The number of fused-ring (bicyclic) bond motifs is 20. The number of halogens is 10. The number of rotatable bonds is 16. The van der Waals surface area contributed by atoms with Gasteiger partial charge in [0.1, 0.15) is 11.6 Å². The SMILES string of the molecule is COC(=O)CC[C@@H](C)[C@H]1CC[C@H]2[C@@H]3C(=O)C[C@@H]4CC(=O)CC[C@]4(C)[C@H]3CC[C@]12C.COC(=O)CC[C@@H](C)[C@H]1CC[C@H]2[C@@H]3[C@@H](O)C[C@@H]4C[C@H](O)CC[C@]4(C)[C@H]3CC[C@]12C.COC(=O)CC[C@@H](C)[C@H]1CC[C@H]2[C@H]3[C@H](CC[C@]12C)[C@@]1(C)CCC(F)(F)C[C@H]1CC3(F)F.CPC.C[C@H](CCC(=O)O)[C@H]1CC[C@H]2[C@H]3[C@H](CC[C@]12C)[C@@]1(C)CCC(F)(F)C[C@H]1CC3(F)F.ClCCl.[Li+].[OH-]. The second-order valence-electron chi connectivity index (χ2n) is 46.7. The molecule has 25 heteroatoms. The van der Waals surface area contributed by atoms with E-state index in [2.05, 4.69) is 82.6 Å². The van der Waals surface area contributed by atoms with Gasteiger partial charge >= 0.3 is 42.7 Å². The van der Waals surface area contributed by atoms with Gasteiger partial charge in [-0.15, -0.1) is 31.8 Å². The molecule has 726 valence electrons. The van der Waals surface area contributed by atoms with Gasteiger partial charge in [0.2, 0.25) is 11.8 Å². The molecule has 0 aromatic rings. The molecule has 16 fully saturated rings. The third-order valence-corrected chi connectivity index (χ3v) is 41.2. The van der Waals surface area contributed by atoms with Crippen LogP contribution in [0.15, 0.2) is 0 Å². The molecule has 16 aliphatic rings. The molecule has 4 N–H and O–H groups in total. The second kappa shape index (κ2) is 42.2. The Kier molecular flexibility index (Phi) is 36.2. The predicted octanol–water partition coefficient (Wildman–Crippen LogP) is 22.9. The van der Waals surface area contributed by atoms with Gasteiger partial charge in [-0.3, -0.25) is 28.8 Å². The third-order valence-electron chi connectivity index (χ3n) is 41.2. The Labute approximate surface area is 781 Å². The maximum atomic E-state index is 15.7. The fourth-order valence-corrected chi connectivity index (χ4v) is 34.5. The Hall–Kier alpha value is -1.85. The molecule has 0 aliphatic heterocycles. The molecule has 127 heavy (non-hydrogen) atoms. The topological polar surface area (TPSA) is 221 Å². The minimum Gasteiger partial charge on any atom is -0.870 e. The Morgan fingerprint density at radius 3 is 1.13 bits per heavy atom. The van der Waals surface area contributed by atoms with Crippen molar-refractivity contribution in [3.05, 3.63) is 0 Å². The summed E-state index contributed by atoms with van der Waals surface area (Å²) in [6.07, 6.45) is 25.9. The predicted molar refractivity (Wildman–Crippen MR) is 480 cm³/mol. The van der Waals surface area contributed by atoms with Crippen molar-refractivity contribution in [1.29, 1.82) is 0 Å². The number of aliphatic hydroxyl groups excluding tert-OH is 2. The Balaban J connectivity index is 0.000000186. The molecule has 0 heterocycles. The summed E-state index contributed by atoms with van der Waals surface area (Å²) < 4.78 is 133. The smallest absolute Gasteiger partial charge is 0.870 e. The number of carboxylic acid groups (broad SMARTS) is 1. The number of aliphatic hydroxyl groups is 2. The van der Waals surface area contributed by atoms with Crippen LogP contribution in [0.1, 0.15) is 340 Å². The van der Waals surface area contributed by atoms with E-state index >= 15 is 17.6 Å². The molecule has 0 saturated heterocycles. The summed E-state index contributed by atoms with van der Waals surface area (Å²) in [5.74, 6) is -8.13. The van der Waals surface area contributed by atoms with Crippen molar-refractivity contribution in [2.45, 2.75) is 376 Å². The molecule has 16 rings (SSSR count). The molecule has 0 bridgehead atoms. The van der Waals surface area contributed by atoms with Crippen LogP contribution in [0.25, 0.3) is 0 Å². The van der Waals surface area contributed by atoms with Crippen molar-refractivity contribution < 1.29 is 118 Å². The summed E-state index contributed by atoms with van der Waals surface area (Å²) in [5, 5.41) is 30.8. The molecule has 0 amide bonds. The first-order valence-corrected chi connectivity index (χ1v) is 52.5. The van der Waals surface area contributed by atoms with Crippen molar-refractivity contribution in [3.63, 3.8) is 0 Å². The molecule has 34 atom stereocenters. The number of ketones is 2. The minimum atomic E-state index is -2.90. The van der Waals surface area contributed by atoms with Crippen molar-refractivity contribution in [2.75, 3.05) is 40.0 Å². The fourth-order valence-electron chi connectivity index (χ4n) is 34.5. The van der Waals surface area contributed by atoms with Gasteiger partial charge in [-0.25, -0.2) is 35.1 Å². The van der Waals surface area contributed by atoms with Crippen molar-refractivity contribution in [1.82, 2.24) is 0 Å². The maximum Gasteiger partial charge on any atom is 1.00 e. The monoisotopic (exact) mass is 1860 g/mol. The van der Waals surface area contributed by atoms with Crippen LogP contribution in [0.3, 0.4) is 0 Å². The molecule has 0 unspecified atom stereocenters. The number of aliphatic carboxylic acids is 1. The van der Waals surface area contributed by atoms with Crippen LogP contribution < -0.4 is 18.9 Å². The van der Waals surface area contributed by atoms with E-state index in [9.17, 15) is 56.5 Å². The molecule has 13 nitrogen and oxygen atoms in total. The van der Waals surface area contributed by atoms with E-state index in [-0.39, 0.29) is 179 Å². The molecule has 0 aromatic carbocycles. The van der Waals surface area contributed by atoms with Crippen molar-refractivity contribution >= 4 is 67.2 Å². The van der Waals surface area contributed by atoms with Crippen molar-refractivity contribution in [2.24, 2.45) is 185 Å². The molecular formula is C102H164Cl2F8LiO13P. The standard InChI is InChI=1S/C25H38F4O2.C25H42O4.C25H38O4.C24H36F4O2.C2H7P.CH2Cl2.Li.H2O/c1-15(5-8-20(30)31-4)17-6-7-18-21-19(9-10-23(17,18)3)22(2)11-12-24(26,27)13-16(22)14-25(21,28)29;2*1-15(5-8-22(28)29-4)18-6-7-19-23-20(10-12-25(18,19)3)24(2)11-9-17(26)13-16(24)14-21(23)27;1-14(4-7-19(29)30)16-5-6-17-20-18(8-9-22(16,17)3)21(2)10-11-23(25,26)12-15(21)13-24(20,27)28;1-3-2;2-1-3;;/h15-19,21H,5-14H2,1-4H3;15-21,23,26-27H,5-14H2,1-4H3;15-16,18-20,23H,5-14H2,1-4H3;14-18,20H,4-13H2,1-3H3,(H,29,30);3H,1-2H3;1H2;;1H2/q;;;;;;+1;/p-1/t15-,16+,17-,18+,19+,21+,22+,23-;15-,16+,17-,18-,19+,20+,21+,23+,24+,25-;15-,16+,18-,19+,20+,23+,24+,25-;14-,15+,16-,17+,18+,20+,21+,22-;;;;/m1111..../s1. The number of hydrogen-bond donors (Lipinski definition) is 3. The Morgan fingerprint density at radius 1 is 0.417 bits per heavy atom. The number of Topliss-reactive ketones (excluding diaryl/α,β-unsaturated/α-hetero) is 2. The van der Waals surface area contributed by atoms with Crippen LogP contribution >= 0.6 is 31.8 Å². The third kappa shape index (κ3) is 21.4. The zero-order valence-electron chi connectivity index (χ0n) is 80.7. The van der Waals surface area contributed by atoms with Crippen LogP contribution in [0.5, 0.6) is 0 Å². The van der Waals surface area contributed by atoms with Crippen LogP contribution in [-0.2, 0) is 43.0 Å². The maximum absolute atomic E-state index is 15.7. The van der Waals surface area contributed by atoms with Gasteiger partial charge in [0.05, 0.1) is 38.9 Å². The van der Waals surface area contributed by atoms with E-state index < -0.39 is 70.6 Å². The Bertz CT molecular complexity index is 3720. The van der Waals surface area contributed by atoms with Crippen LogP contribution in [0.4, 0.5) is 35.1 Å². The van der Waals surface area contributed by atoms with Gasteiger partial charge in [0, 0.05) is 101 Å². The number of alkyl halides is 10. The first-order valence-electron chi connectivity index (χ1n) is 49.4. The van der Waals surface area contributed by atoms with E-state index in [0.29, 0.717) is 153 Å². The number of carboxylic acids is 1. The zero-order valence-corrected chi connectivity index (χ0v) is 83.3. The van der Waals surface area contributed by atoms with Crippen molar-refractivity contribution in [3.8, 4) is 0 Å². The van der Waals surface area contributed by atoms with E-state index in [1.165, 1.54) is 59.9 Å². The van der Waals surface area contributed by atoms with Gasteiger partial charge < -0.3 is 35.0 Å². The van der Waals surface area contributed by atoms with Gasteiger partial charge in [-0.05, 0) is 354 Å². The summed E-state index contributed by atoms with van der Waals surface area (Å²) in [6, 6.07) is 0. The second-order valence-corrected chi connectivity index (χ2v) is 48.5. The van der Waals surface area contributed by atoms with Gasteiger partial charge in [0.15, 0.2) is 0 Å². The number of carbonyl (C=O) groups excluding carboxylic acids is 5. The fraction of sp³-hybridized carbons (Fsp3) is 0.941.